The van der Waals surface area contributed by atoms with Crippen LogP contribution in [0.4, 0.5) is 0 Å². The first-order valence-corrected chi connectivity index (χ1v) is 7.63. The maximum Gasteiger partial charge on any atom is 0.240 e. The molecule has 1 amide bonds. The van der Waals surface area contributed by atoms with Gasteiger partial charge in [-0.2, -0.15) is 0 Å². The Balaban J connectivity index is 2.13. The Kier molecular flexibility index (Phi) is 4.81. The number of hydrogen-bond donors (Lipinski definition) is 2. The second-order valence-electron chi connectivity index (χ2n) is 5.27. The average Bonchev–Trinajstić information content (AvgIpc) is 2.83. The van der Waals surface area contributed by atoms with E-state index in [9.17, 15) is 4.79 Å². The van der Waals surface area contributed by atoms with Crippen molar-refractivity contribution in [2.24, 2.45) is 0 Å². The molecule has 0 spiro atoms. The van der Waals surface area contributed by atoms with E-state index in [4.69, 9.17) is 5.11 Å². The van der Waals surface area contributed by atoms with Crippen molar-refractivity contribution >= 4 is 17.2 Å². The number of carbonyl (C=O) groups excluding carboxylic acids is 1. The predicted octanol–water partition coefficient (Wildman–Crippen LogP) is 1.19. The van der Waals surface area contributed by atoms with Gasteiger partial charge in [0.05, 0.1) is 12.1 Å². The number of rotatable bonds is 3. The highest BCUT2D eigenvalue weighted by Crippen LogP contribution is 2.24. The van der Waals surface area contributed by atoms with Gasteiger partial charge in [-0.1, -0.05) is 11.8 Å². The van der Waals surface area contributed by atoms with Crippen molar-refractivity contribution in [3.8, 4) is 11.8 Å². The Morgan fingerprint density at radius 3 is 3.10 bits per heavy atom. The number of amides is 1. The Hall–Kier alpha value is -1.35. The Morgan fingerprint density at radius 1 is 1.55 bits per heavy atom. The molecule has 0 radical (unpaired) electrons. The van der Waals surface area contributed by atoms with Gasteiger partial charge in [0.25, 0.3) is 0 Å². The molecular weight excluding hydrogens is 272 g/mol. The fraction of sp³-hybridized carbons (Fsp3) is 0.533. The normalized spacial score (nSPS) is 18.2. The molecule has 0 aliphatic carbocycles. The average molecular weight is 292 g/mol. The minimum atomic E-state index is -0.488. The first-order chi connectivity index (χ1) is 9.55. The van der Waals surface area contributed by atoms with Crippen LogP contribution < -0.4 is 5.32 Å². The quantitative estimate of drug-likeness (QED) is 0.823. The fourth-order valence-electron chi connectivity index (χ4n) is 2.18. The summed E-state index contributed by atoms with van der Waals surface area (Å²) in [7, 11) is 0. The van der Waals surface area contributed by atoms with Crippen LogP contribution >= 0.6 is 11.3 Å². The summed E-state index contributed by atoms with van der Waals surface area (Å²) in [6, 6.07) is 2.00. The molecule has 0 bridgehead atoms. The molecule has 0 saturated carbocycles. The predicted molar refractivity (Wildman–Crippen MR) is 80.4 cm³/mol. The molecule has 1 fully saturated rings. The van der Waals surface area contributed by atoms with Gasteiger partial charge in [0.15, 0.2) is 0 Å². The topological polar surface area (TPSA) is 52.6 Å². The van der Waals surface area contributed by atoms with Crippen molar-refractivity contribution in [2.45, 2.75) is 32.4 Å². The number of hydrogen-bond acceptors (Lipinski definition) is 4. The number of nitrogens with zero attached hydrogens (tertiary/aromatic N) is 1. The molecule has 20 heavy (non-hydrogen) atoms. The highest BCUT2D eigenvalue weighted by atomic mass is 32.1. The summed E-state index contributed by atoms with van der Waals surface area (Å²) in [4.78, 5) is 15.3. The third kappa shape index (κ3) is 3.21. The molecule has 1 aliphatic rings. The van der Waals surface area contributed by atoms with Crippen LogP contribution in [-0.4, -0.2) is 41.1 Å². The number of piperazine rings is 1. The van der Waals surface area contributed by atoms with Crippen molar-refractivity contribution < 1.29 is 9.90 Å². The van der Waals surface area contributed by atoms with Gasteiger partial charge in [-0.25, -0.2) is 0 Å². The number of aliphatic hydroxyl groups excluding tert-OH is 1. The van der Waals surface area contributed by atoms with Gasteiger partial charge in [-0.05, 0) is 25.3 Å². The van der Waals surface area contributed by atoms with Crippen molar-refractivity contribution in [1.29, 1.82) is 0 Å². The summed E-state index contributed by atoms with van der Waals surface area (Å²) in [6.45, 7) is 6.27. The van der Waals surface area contributed by atoms with E-state index in [1.165, 1.54) is 4.88 Å². The van der Waals surface area contributed by atoms with E-state index in [0.29, 0.717) is 13.0 Å². The molecule has 0 aromatic carbocycles. The molecule has 5 heteroatoms. The van der Waals surface area contributed by atoms with E-state index in [1.807, 2.05) is 25.3 Å². The van der Waals surface area contributed by atoms with Crippen LogP contribution in [0.25, 0.3) is 0 Å². The van der Waals surface area contributed by atoms with Gasteiger partial charge in [0.2, 0.25) is 5.91 Å². The van der Waals surface area contributed by atoms with Crippen LogP contribution in [0.15, 0.2) is 11.4 Å². The minimum absolute atomic E-state index is 0.0771. The number of nitrogens with one attached hydrogen (secondary N) is 1. The van der Waals surface area contributed by atoms with Crippen LogP contribution in [-0.2, 0) is 11.3 Å². The van der Waals surface area contributed by atoms with Crippen molar-refractivity contribution in [3.63, 3.8) is 0 Å². The van der Waals surface area contributed by atoms with Gasteiger partial charge < -0.3 is 10.4 Å². The largest absolute Gasteiger partial charge is 0.395 e. The third-order valence-electron chi connectivity index (χ3n) is 3.55. The van der Waals surface area contributed by atoms with Crippen LogP contribution in [0.3, 0.4) is 0 Å². The van der Waals surface area contributed by atoms with E-state index in [0.717, 1.165) is 18.7 Å². The van der Waals surface area contributed by atoms with Crippen LogP contribution in [0, 0.1) is 11.8 Å². The standard InChI is InChI=1S/C15H20N2O2S/c1-15(2)14(19)16-7-8-17(15)11-13-12(6-10-20-13)5-3-4-9-18/h6,10,18H,4,7-9,11H2,1-2H3,(H,16,19). The smallest absolute Gasteiger partial charge is 0.240 e. The van der Waals surface area contributed by atoms with Gasteiger partial charge in [-0.3, -0.25) is 9.69 Å². The summed E-state index contributed by atoms with van der Waals surface area (Å²) >= 11 is 1.66. The maximum atomic E-state index is 11.9. The molecule has 1 saturated heterocycles. The molecular formula is C15H20N2O2S. The zero-order chi connectivity index (χ0) is 14.6. The zero-order valence-corrected chi connectivity index (χ0v) is 12.7. The summed E-state index contributed by atoms with van der Waals surface area (Å²) < 4.78 is 0. The van der Waals surface area contributed by atoms with Crippen LogP contribution in [0.1, 0.15) is 30.7 Å². The van der Waals surface area contributed by atoms with E-state index in [-0.39, 0.29) is 12.5 Å². The second-order valence-corrected chi connectivity index (χ2v) is 6.27. The zero-order valence-electron chi connectivity index (χ0n) is 11.9. The molecule has 1 aromatic heterocycles. The van der Waals surface area contributed by atoms with Crippen molar-refractivity contribution in [1.82, 2.24) is 10.2 Å². The molecule has 0 atom stereocenters. The lowest BCUT2D eigenvalue weighted by molar-refractivity contribution is -0.135. The first-order valence-electron chi connectivity index (χ1n) is 6.75. The summed E-state index contributed by atoms with van der Waals surface area (Å²) in [5.41, 5.74) is 0.517. The number of thiophene rings is 1. The highest BCUT2D eigenvalue weighted by molar-refractivity contribution is 7.10. The van der Waals surface area contributed by atoms with Gasteiger partial charge >= 0.3 is 0 Å². The lowest BCUT2D eigenvalue weighted by atomic mass is 9.98. The molecule has 2 rings (SSSR count). The Labute approximate surface area is 123 Å². The molecule has 1 aromatic rings. The SMILES string of the molecule is CC1(C)C(=O)NCCN1Cc1sccc1C#CCCO. The first kappa shape index (κ1) is 15.0. The van der Waals surface area contributed by atoms with E-state index in [2.05, 4.69) is 22.1 Å². The monoisotopic (exact) mass is 292 g/mol. The molecule has 4 nitrogen and oxygen atoms in total. The summed E-state index contributed by atoms with van der Waals surface area (Å²) in [6.07, 6.45) is 0.493. The summed E-state index contributed by atoms with van der Waals surface area (Å²) in [5.74, 6) is 6.13. The lowest BCUT2D eigenvalue weighted by Crippen LogP contribution is -2.61. The van der Waals surface area contributed by atoms with Crippen molar-refractivity contribution in [2.75, 3.05) is 19.7 Å². The summed E-state index contributed by atoms with van der Waals surface area (Å²) in [5, 5.41) is 13.7. The van der Waals surface area contributed by atoms with Gasteiger partial charge in [0.1, 0.15) is 0 Å². The fourth-order valence-corrected chi connectivity index (χ4v) is 3.03. The second kappa shape index (κ2) is 6.40. The molecule has 2 N–H and O–H groups in total. The van der Waals surface area contributed by atoms with E-state index in [1.54, 1.807) is 11.3 Å². The highest BCUT2D eigenvalue weighted by Gasteiger charge is 2.37. The van der Waals surface area contributed by atoms with E-state index < -0.39 is 5.54 Å². The van der Waals surface area contributed by atoms with Gasteiger partial charge in [-0.15, -0.1) is 11.3 Å². The van der Waals surface area contributed by atoms with Crippen LogP contribution in [0.2, 0.25) is 0 Å². The Morgan fingerprint density at radius 2 is 2.35 bits per heavy atom. The molecule has 0 unspecified atom stereocenters. The Bertz CT molecular complexity index is 540. The van der Waals surface area contributed by atoms with Crippen molar-refractivity contribution in [3.05, 3.63) is 21.9 Å². The number of carbonyl (C=O) groups is 1. The molecule has 2 heterocycles. The third-order valence-corrected chi connectivity index (χ3v) is 4.46. The molecule has 108 valence electrons. The number of aliphatic hydroxyl groups is 1. The minimum Gasteiger partial charge on any atom is -0.395 e. The molecule has 1 aliphatic heterocycles. The maximum absolute atomic E-state index is 11.9. The lowest BCUT2D eigenvalue weighted by Gasteiger charge is -2.41. The van der Waals surface area contributed by atoms with Gasteiger partial charge in [0, 0.05) is 36.5 Å². The van der Waals surface area contributed by atoms with E-state index >= 15 is 0 Å². The van der Waals surface area contributed by atoms with Crippen LogP contribution in [0.5, 0.6) is 0 Å².